The molecule has 0 aromatic heterocycles. The monoisotopic (exact) mass is 317 g/mol. The van der Waals surface area contributed by atoms with Gasteiger partial charge in [0.15, 0.2) is 0 Å². The summed E-state index contributed by atoms with van der Waals surface area (Å²) in [5.41, 5.74) is 2.93. The van der Waals surface area contributed by atoms with Gasteiger partial charge in [0.2, 0.25) is 0 Å². The SMILES string of the molecule is O=S(=O)(c1ccc2c(c1)CCC2)N(CCO)c1ccccc1. The summed E-state index contributed by atoms with van der Waals surface area (Å²) in [6, 6.07) is 14.3. The Morgan fingerprint density at radius 3 is 2.45 bits per heavy atom. The zero-order valence-electron chi connectivity index (χ0n) is 12.3. The summed E-state index contributed by atoms with van der Waals surface area (Å²) in [6.07, 6.45) is 3.04. The van der Waals surface area contributed by atoms with E-state index in [1.165, 1.54) is 9.87 Å². The Kier molecular flexibility index (Phi) is 4.18. The third-order valence-electron chi connectivity index (χ3n) is 4.01. The fourth-order valence-corrected chi connectivity index (χ4v) is 4.42. The molecule has 22 heavy (non-hydrogen) atoms. The molecule has 0 spiro atoms. The first-order valence-electron chi connectivity index (χ1n) is 7.43. The standard InChI is InChI=1S/C17H19NO3S/c19-12-11-18(16-7-2-1-3-8-16)22(20,21)17-10-9-14-5-4-6-15(14)13-17/h1-3,7-10,13,19H,4-6,11-12H2. The summed E-state index contributed by atoms with van der Waals surface area (Å²) >= 11 is 0. The van der Waals surface area contributed by atoms with Crippen molar-refractivity contribution in [2.24, 2.45) is 0 Å². The summed E-state index contributed by atoms with van der Waals surface area (Å²) < 4.78 is 27.1. The van der Waals surface area contributed by atoms with E-state index in [1.54, 1.807) is 36.4 Å². The van der Waals surface area contributed by atoms with Crippen molar-refractivity contribution in [1.82, 2.24) is 0 Å². The molecule has 1 aliphatic rings. The van der Waals surface area contributed by atoms with Crippen LogP contribution in [0.4, 0.5) is 5.69 Å². The molecule has 0 fully saturated rings. The average Bonchev–Trinajstić information content (AvgIpc) is 3.00. The molecule has 3 rings (SSSR count). The molecule has 0 saturated carbocycles. The van der Waals surface area contributed by atoms with Crippen LogP contribution < -0.4 is 4.31 Å². The first-order valence-corrected chi connectivity index (χ1v) is 8.87. The number of para-hydroxylation sites is 1. The van der Waals surface area contributed by atoms with Gasteiger partial charge in [-0.15, -0.1) is 0 Å². The molecule has 1 N–H and O–H groups in total. The summed E-state index contributed by atoms with van der Waals surface area (Å²) in [5.74, 6) is 0. The lowest BCUT2D eigenvalue weighted by Crippen LogP contribution is -2.33. The van der Waals surface area contributed by atoms with Crippen molar-refractivity contribution in [2.75, 3.05) is 17.5 Å². The van der Waals surface area contributed by atoms with E-state index in [2.05, 4.69) is 0 Å². The molecule has 0 bridgehead atoms. The molecule has 0 atom stereocenters. The number of anilines is 1. The summed E-state index contributed by atoms with van der Waals surface area (Å²) in [7, 11) is -3.66. The number of aryl methyl sites for hydroxylation is 2. The number of aliphatic hydroxyl groups excluding tert-OH is 1. The number of rotatable bonds is 5. The molecule has 0 heterocycles. The lowest BCUT2D eigenvalue weighted by atomic mass is 10.1. The zero-order valence-corrected chi connectivity index (χ0v) is 13.1. The van der Waals surface area contributed by atoms with Gasteiger partial charge in [0.25, 0.3) is 10.0 Å². The van der Waals surface area contributed by atoms with E-state index >= 15 is 0 Å². The number of benzene rings is 2. The normalized spacial score (nSPS) is 13.9. The molecule has 1 aliphatic carbocycles. The topological polar surface area (TPSA) is 57.6 Å². The Hall–Kier alpha value is -1.85. The van der Waals surface area contributed by atoms with E-state index in [9.17, 15) is 13.5 Å². The Balaban J connectivity index is 2.02. The maximum Gasteiger partial charge on any atom is 0.264 e. The Labute approximate surface area is 131 Å². The van der Waals surface area contributed by atoms with E-state index in [4.69, 9.17) is 0 Å². The van der Waals surface area contributed by atoms with Crippen LogP contribution in [0.2, 0.25) is 0 Å². The number of hydrogen-bond acceptors (Lipinski definition) is 3. The largest absolute Gasteiger partial charge is 0.394 e. The lowest BCUT2D eigenvalue weighted by molar-refractivity contribution is 0.306. The smallest absolute Gasteiger partial charge is 0.264 e. The molecule has 2 aromatic rings. The van der Waals surface area contributed by atoms with Crippen molar-refractivity contribution in [3.05, 3.63) is 59.7 Å². The second-order valence-electron chi connectivity index (χ2n) is 5.42. The van der Waals surface area contributed by atoms with Gasteiger partial charge in [-0.05, 0) is 54.7 Å². The van der Waals surface area contributed by atoms with Crippen molar-refractivity contribution in [2.45, 2.75) is 24.2 Å². The van der Waals surface area contributed by atoms with E-state index in [-0.39, 0.29) is 13.2 Å². The number of nitrogens with zero attached hydrogens (tertiary/aromatic N) is 1. The van der Waals surface area contributed by atoms with Gasteiger partial charge in [-0.25, -0.2) is 8.42 Å². The molecule has 0 radical (unpaired) electrons. The molecular weight excluding hydrogens is 298 g/mol. The van der Waals surface area contributed by atoms with Crippen LogP contribution >= 0.6 is 0 Å². The van der Waals surface area contributed by atoms with Crippen LogP contribution in [0.3, 0.4) is 0 Å². The van der Waals surface area contributed by atoms with Gasteiger partial charge >= 0.3 is 0 Å². The van der Waals surface area contributed by atoms with Gasteiger partial charge in [-0.2, -0.15) is 0 Å². The van der Waals surface area contributed by atoms with E-state index in [0.29, 0.717) is 10.6 Å². The van der Waals surface area contributed by atoms with Crippen LogP contribution in [0.5, 0.6) is 0 Å². The highest BCUT2D eigenvalue weighted by Crippen LogP contribution is 2.28. The fourth-order valence-electron chi connectivity index (χ4n) is 2.91. The molecule has 4 nitrogen and oxygen atoms in total. The van der Waals surface area contributed by atoms with Crippen molar-refractivity contribution in [1.29, 1.82) is 0 Å². The highest BCUT2D eigenvalue weighted by atomic mass is 32.2. The van der Waals surface area contributed by atoms with Gasteiger partial charge in [-0.1, -0.05) is 24.3 Å². The summed E-state index contributed by atoms with van der Waals surface area (Å²) in [4.78, 5) is 0.297. The molecular formula is C17H19NO3S. The molecule has 116 valence electrons. The highest BCUT2D eigenvalue weighted by Gasteiger charge is 2.25. The van der Waals surface area contributed by atoms with Gasteiger partial charge < -0.3 is 5.11 Å². The van der Waals surface area contributed by atoms with Crippen molar-refractivity contribution in [3.8, 4) is 0 Å². The predicted octanol–water partition coefficient (Wildman–Crippen LogP) is 2.36. The van der Waals surface area contributed by atoms with E-state index in [1.807, 2.05) is 12.1 Å². The number of hydrogen-bond donors (Lipinski definition) is 1. The lowest BCUT2D eigenvalue weighted by Gasteiger charge is -2.24. The highest BCUT2D eigenvalue weighted by molar-refractivity contribution is 7.92. The Morgan fingerprint density at radius 1 is 1.00 bits per heavy atom. The third-order valence-corrected chi connectivity index (χ3v) is 5.83. The van der Waals surface area contributed by atoms with Gasteiger partial charge in [0.05, 0.1) is 23.7 Å². The van der Waals surface area contributed by atoms with Crippen LogP contribution in [0.1, 0.15) is 17.5 Å². The second-order valence-corrected chi connectivity index (χ2v) is 7.28. The second kappa shape index (κ2) is 6.10. The van der Waals surface area contributed by atoms with Gasteiger partial charge in [-0.3, -0.25) is 4.31 Å². The molecule has 0 aliphatic heterocycles. The molecule has 0 amide bonds. The molecule has 0 saturated heterocycles. The van der Waals surface area contributed by atoms with Crippen molar-refractivity contribution in [3.63, 3.8) is 0 Å². The minimum atomic E-state index is -3.66. The number of sulfonamides is 1. The van der Waals surface area contributed by atoms with Crippen LogP contribution in [-0.2, 0) is 22.9 Å². The number of aliphatic hydroxyl groups is 1. The quantitative estimate of drug-likeness (QED) is 0.921. The maximum atomic E-state index is 12.9. The molecule has 0 unspecified atom stereocenters. The maximum absolute atomic E-state index is 12.9. The van der Waals surface area contributed by atoms with Gasteiger partial charge in [0.1, 0.15) is 0 Å². The summed E-state index contributed by atoms with van der Waals surface area (Å²) in [5, 5.41) is 9.26. The van der Waals surface area contributed by atoms with Crippen LogP contribution in [0.15, 0.2) is 53.4 Å². The van der Waals surface area contributed by atoms with Crippen molar-refractivity contribution >= 4 is 15.7 Å². The first kappa shape index (κ1) is 15.1. The zero-order chi connectivity index (χ0) is 15.6. The van der Waals surface area contributed by atoms with Crippen molar-refractivity contribution < 1.29 is 13.5 Å². The van der Waals surface area contributed by atoms with E-state index in [0.717, 1.165) is 24.8 Å². The first-order chi connectivity index (χ1) is 10.6. The van der Waals surface area contributed by atoms with Crippen LogP contribution in [0.25, 0.3) is 0 Å². The Bertz CT molecular complexity index is 757. The third kappa shape index (κ3) is 2.74. The van der Waals surface area contributed by atoms with E-state index < -0.39 is 10.0 Å². The molecule has 2 aromatic carbocycles. The minimum absolute atomic E-state index is 0.0451. The molecule has 5 heteroatoms. The fraction of sp³-hybridized carbons (Fsp3) is 0.294. The number of fused-ring (bicyclic) bond motifs is 1. The summed E-state index contributed by atoms with van der Waals surface area (Å²) in [6.45, 7) is -0.178. The minimum Gasteiger partial charge on any atom is -0.394 e. The average molecular weight is 317 g/mol. The van der Waals surface area contributed by atoms with Crippen LogP contribution in [-0.4, -0.2) is 26.7 Å². The van der Waals surface area contributed by atoms with Gasteiger partial charge in [0, 0.05) is 0 Å². The predicted molar refractivity (Wildman–Crippen MR) is 86.5 cm³/mol. The van der Waals surface area contributed by atoms with Crippen LogP contribution in [0, 0.1) is 0 Å². The Morgan fingerprint density at radius 2 is 1.73 bits per heavy atom.